The van der Waals surface area contributed by atoms with E-state index >= 15 is 0 Å². The van der Waals surface area contributed by atoms with Gasteiger partial charge in [0.25, 0.3) is 11.8 Å². The molecule has 0 aromatic rings. The molecule has 0 aliphatic carbocycles. The molecule has 8 nitrogen and oxygen atoms in total. The number of nitrogens with zero attached hydrogens (tertiary/aromatic N) is 2. The van der Waals surface area contributed by atoms with Gasteiger partial charge < -0.3 is 15.1 Å². The van der Waals surface area contributed by atoms with Crippen LogP contribution in [0.2, 0.25) is 0 Å². The highest BCUT2D eigenvalue weighted by Crippen LogP contribution is 2.13. The normalized spacial score (nSPS) is 13.9. The van der Waals surface area contributed by atoms with Gasteiger partial charge in [0.1, 0.15) is 0 Å². The van der Waals surface area contributed by atoms with E-state index in [0.29, 0.717) is 18.0 Å². The molecule has 0 bridgehead atoms. The third-order valence-electron chi connectivity index (χ3n) is 3.55. The number of unbranched alkanes of at least 4 members (excludes halogenated alkanes) is 3. The summed E-state index contributed by atoms with van der Waals surface area (Å²) in [7, 11) is 0. The van der Waals surface area contributed by atoms with Crippen molar-refractivity contribution < 1.29 is 24.0 Å². The largest absolute Gasteiger partial charge is 0.356 e. The Morgan fingerprint density at radius 2 is 1.71 bits per heavy atom. The number of amides is 3. The fraction of sp³-hybridized carbons (Fsp3) is 0.688. The third kappa shape index (κ3) is 7.85. The van der Waals surface area contributed by atoms with Crippen molar-refractivity contribution in [2.24, 2.45) is 4.99 Å². The number of nitrogens with one attached hydrogen (secondary N) is 1. The van der Waals surface area contributed by atoms with E-state index in [1.165, 1.54) is 0 Å². The molecule has 0 aromatic heterocycles. The lowest BCUT2D eigenvalue weighted by Gasteiger charge is -2.12. The van der Waals surface area contributed by atoms with E-state index in [4.69, 9.17) is 4.84 Å². The maximum Gasteiger partial charge on any atom is 0.333 e. The molecule has 1 aliphatic rings. The van der Waals surface area contributed by atoms with Gasteiger partial charge in [0.05, 0.1) is 0 Å². The zero-order valence-corrected chi connectivity index (χ0v) is 13.9. The van der Waals surface area contributed by atoms with E-state index in [0.717, 1.165) is 32.2 Å². The molecule has 0 atom stereocenters. The molecule has 24 heavy (non-hydrogen) atoms. The molecular weight excluding hydrogens is 314 g/mol. The summed E-state index contributed by atoms with van der Waals surface area (Å²) < 4.78 is 0. The highest BCUT2D eigenvalue weighted by atomic mass is 16.7. The Bertz CT molecular complexity index is 462. The number of carbonyl (C=O) groups is 4. The molecule has 0 spiro atoms. The zero-order valence-electron chi connectivity index (χ0n) is 13.9. The van der Waals surface area contributed by atoms with Crippen molar-refractivity contribution in [3.05, 3.63) is 0 Å². The van der Waals surface area contributed by atoms with Gasteiger partial charge in [-0.2, -0.15) is 0 Å². The summed E-state index contributed by atoms with van der Waals surface area (Å²) in [6.07, 6.45) is 4.65. The first-order chi connectivity index (χ1) is 11.5. The number of rotatable bonds is 12. The Labute approximate surface area is 141 Å². The average molecular weight is 339 g/mol. The molecule has 1 heterocycles. The smallest absolute Gasteiger partial charge is 0.333 e. The fourth-order valence-corrected chi connectivity index (χ4v) is 2.22. The number of carbonyl (C=O) groups excluding carboxylic acids is 4. The Balaban J connectivity index is 2.02. The van der Waals surface area contributed by atoms with Crippen LogP contribution >= 0.6 is 0 Å². The molecule has 8 heteroatoms. The quantitative estimate of drug-likeness (QED) is 0.326. The molecule has 1 aliphatic heterocycles. The first-order valence-corrected chi connectivity index (χ1v) is 8.30. The van der Waals surface area contributed by atoms with Crippen LogP contribution in [0.15, 0.2) is 4.99 Å². The van der Waals surface area contributed by atoms with Crippen molar-refractivity contribution in [1.29, 1.82) is 0 Å². The van der Waals surface area contributed by atoms with Crippen LogP contribution in [0.3, 0.4) is 0 Å². The van der Waals surface area contributed by atoms with E-state index in [9.17, 15) is 19.2 Å². The Hall–Kier alpha value is -2.25. The van der Waals surface area contributed by atoms with Crippen LogP contribution in [-0.2, 0) is 24.0 Å². The lowest BCUT2D eigenvalue weighted by Crippen LogP contribution is -2.32. The average Bonchev–Trinajstić information content (AvgIpc) is 2.86. The molecule has 0 saturated carbocycles. The third-order valence-corrected chi connectivity index (χ3v) is 3.55. The van der Waals surface area contributed by atoms with Crippen LogP contribution in [0, 0.1) is 0 Å². The maximum atomic E-state index is 11.6. The summed E-state index contributed by atoms with van der Waals surface area (Å²) in [5.41, 5.74) is 0. The zero-order chi connectivity index (χ0) is 17.8. The van der Waals surface area contributed by atoms with Gasteiger partial charge in [-0.25, -0.2) is 4.79 Å². The van der Waals surface area contributed by atoms with Gasteiger partial charge >= 0.3 is 5.97 Å². The van der Waals surface area contributed by atoms with Crippen molar-refractivity contribution >= 4 is 30.4 Å². The number of hydrogen-bond acceptors (Lipinski definition) is 6. The summed E-state index contributed by atoms with van der Waals surface area (Å²) >= 11 is 0. The van der Waals surface area contributed by atoms with E-state index < -0.39 is 17.8 Å². The van der Waals surface area contributed by atoms with Crippen molar-refractivity contribution in [3.8, 4) is 0 Å². The molecule has 1 rings (SSSR count). The topological polar surface area (TPSA) is 105 Å². The van der Waals surface area contributed by atoms with Crippen LogP contribution in [0.1, 0.15) is 57.8 Å². The fourth-order valence-electron chi connectivity index (χ4n) is 2.22. The van der Waals surface area contributed by atoms with Crippen LogP contribution in [0.5, 0.6) is 0 Å². The second kappa shape index (κ2) is 11.3. The summed E-state index contributed by atoms with van der Waals surface area (Å²) in [5, 5.41) is 3.31. The first-order valence-electron chi connectivity index (χ1n) is 8.30. The van der Waals surface area contributed by atoms with Gasteiger partial charge in [-0.15, -0.1) is 5.06 Å². The van der Waals surface area contributed by atoms with Crippen LogP contribution in [0.25, 0.3) is 0 Å². The number of hydrogen-bond donors (Lipinski definition) is 1. The Morgan fingerprint density at radius 3 is 2.38 bits per heavy atom. The highest BCUT2D eigenvalue weighted by Gasteiger charge is 2.32. The number of hydroxylamine groups is 2. The Morgan fingerprint density at radius 1 is 1.04 bits per heavy atom. The summed E-state index contributed by atoms with van der Waals surface area (Å²) in [4.78, 5) is 54.2. The van der Waals surface area contributed by atoms with Gasteiger partial charge in [0.15, 0.2) is 0 Å². The molecule has 1 saturated heterocycles. The maximum absolute atomic E-state index is 11.6. The first kappa shape index (κ1) is 19.8. The minimum atomic E-state index is -0.678. The van der Waals surface area contributed by atoms with E-state index in [1.807, 2.05) is 0 Å². The molecular formula is C16H25N3O5. The van der Waals surface area contributed by atoms with Crippen molar-refractivity contribution in [2.45, 2.75) is 57.8 Å². The van der Waals surface area contributed by atoms with Crippen molar-refractivity contribution in [3.63, 3.8) is 0 Å². The lowest BCUT2D eigenvalue weighted by molar-refractivity contribution is -0.197. The minimum absolute atomic E-state index is 0.0148. The molecule has 0 aromatic carbocycles. The summed E-state index contributed by atoms with van der Waals surface area (Å²) in [6, 6.07) is 0. The van der Waals surface area contributed by atoms with Gasteiger partial charge in [0.2, 0.25) is 5.91 Å². The standard InChI is InChI=1S/C16H25N3O5/c1-17-11-4-2-3-5-12-18-13(20)7-6-8-16(23)24-19-14(21)9-10-15(19)22/h1-12H2,(H,18,20). The second-order valence-corrected chi connectivity index (χ2v) is 5.61. The van der Waals surface area contributed by atoms with Crippen LogP contribution in [0.4, 0.5) is 0 Å². The summed E-state index contributed by atoms with van der Waals surface area (Å²) in [6.45, 7) is 4.81. The van der Waals surface area contributed by atoms with Gasteiger partial charge in [-0.05, 0) is 26.0 Å². The van der Waals surface area contributed by atoms with Crippen molar-refractivity contribution in [2.75, 3.05) is 13.1 Å². The molecule has 3 amide bonds. The van der Waals surface area contributed by atoms with Crippen LogP contribution in [-0.4, -0.2) is 48.6 Å². The predicted molar refractivity (Wildman–Crippen MR) is 86.9 cm³/mol. The van der Waals surface area contributed by atoms with Gasteiger partial charge in [-0.1, -0.05) is 12.8 Å². The second-order valence-electron chi connectivity index (χ2n) is 5.61. The number of aliphatic imine (C=N–C) groups is 1. The SMILES string of the molecule is C=NCCCCCCNC(=O)CCCC(=O)ON1C(=O)CCC1=O. The molecule has 1 N–H and O–H groups in total. The monoisotopic (exact) mass is 339 g/mol. The van der Waals surface area contributed by atoms with E-state index in [1.54, 1.807) is 0 Å². The summed E-state index contributed by atoms with van der Waals surface area (Å²) in [5.74, 6) is -1.81. The van der Waals surface area contributed by atoms with Crippen molar-refractivity contribution in [1.82, 2.24) is 10.4 Å². The predicted octanol–water partition coefficient (Wildman–Crippen LogP) is 1.14. The van der Waals surface area contributed by atoms with E-state index in [2.05, 4.69) is 17.0 Å². The molecule has 0 radical (unpaired) electrons. The van der Waals surface area contributed by atoms with Gasteiger partial charge in [0, 0.05) is 38.8 Å². The van der Waals surface area contributed by atoms with Gasteiger partial charge in [-0.3, -0.25) is 14.4 Å². The highest BCUT2D eigenvalue weighted by molar-refractivity contribution is 6.01. The molecule has 0 unspecified atom stereocenters. The number of imide groups is 1. The molecule has 134 valence electrons. The lowest BCUT2D eigenvalue weighted by atomic mass is 10.2. The minimum Gasteiger partial charge on any atom is -0.356 e. The van der Waals surface area contributed by atoms with Crippen LogP contribution < -0.4 is 5.32 Å². The molecule has 1 fully saturated rings. The Kier molecular flexibility index (Phi) is 9.33. The van der Waals surface area contributed by atoms with E-state index in [-0.39, 0.29) is 31.6 Å².